The third-order valence-electron chi connectivity index (χ3n) is 4.21. The summed E-state index contributed by atoms with van der Waals surface area (Å²) in [6.45, 7) is 15.2. The molecule has 0 saturated heterocycles. The average molecular weight is 321 g/mol. The maximum atomic E-state index is 10.0. The van der Waals surface area contributed by atoms with E-state index in [1.165, 1.54) is 17.5 Å². The van der Waals surface area contributed by atoms with E-state index in [0.29, 0.717) is 18.5 Å². The molecule has 1 aromatic carbocycles. The first-order valence-corrected chi connectivity index (χ1v) is 8.83. The average Bonchev–Trinajstić information content (AvgIpc) is 2.44. The summed E-state index contributed by atoms with van der Waals surface area (Å²) < 4.78 is 0. The first kappa shape index (κ1) is 20.1. The van der Waals surface area contributed by atoms with Crippen LogP contribution in [0.15, 0.2) is 24.3 Å². The molecule has 0 radical (unpaired) electrons. The van der Waals surface area contributed by atoms with Crippen LogP contribution in [0, 0.1) is 5.41 Å². The SMILES string of the molecule is CCC(C)(C)Cc1cccc(CNCC(O)CNC(C)(C)C)c1. The molecule has 0 bridgehead atoms. The van der Waals surface area contributed by atoms with Crippen LogP contribution < -0.4 is 10.6 Å². The fraction of sp³-hybridized carbons (Fsp3) is 0.700. The number of hydrogen-bond donors (Lipinski definition) is 3. The molecular formula is C20H36N2O. The Bertz CT molecular complexity index is 463. The van der Waals surface area contributed by atoms with Gasteiger partial charge in [-0.2, -0.15) is 0 Å². The van der Waals surface area contributed by atoms with Gasteiger partial charge in [0.25, 0.3) is 0 Å². The van der Waals surface area contributed by atoms with E-state index in [9.17, 15) is 5.11 Å². The molecule has 0 aliphatic rings. The van der Waals surface area contributed by atoms with E-state index in [1.54, 1.807) is 0 Å². The van der Waals surface area contributed by atoms with Crippen LogP contribution in [-0.2, 0) is 13.0 Å². The van der Waals surface area contributed by atoms with E-state index in [-0.39, 0.29) is 11.6 Å². The van der Waals surface area contributed by atoms with Crippen molar-refractivity contribution in [2.75, 3.05) is 13.1 Å². The van der Waals surface area contributed by atoms with Crippen LogP contribution in [0.2, 0.25) is 0 Å². The zero-order valence-corrected chi connectivity index (χ0v) is 15.9. The fourth-order valence-corrected chi connectivity index (χ4v) is 2.41. The third-order valence-corrected chi connectivity index (χ3v) is 4.21. The summed E-state index contributed by atoms with van der Waals surface area (Å²) in [5, 5.41) is 16.7. The van der Waals surface area contributed by atoms with Gasteiger partial charge >= 0.3 is 0 Å². The van der Waals surface area contributed by atoms with Gasteiger partial charge in [0, 0.05) is 25.2 Å². The molecule has 1 unspecified atom stereocenters. The molecule has 0 saturated carbocycles. The quantitative estimate of drug-likeness (QED) is 0.652. The van der Waals surface area contributed by atoms with Crippen molar-refractivity contribution < 1.29 is 5.11 Å². The molecule has 23 heavy (non-hydrogen) atoms. The second-order valence-electron chi connectivity index (χ2n) is 8.43. The lowest BCUT2D eigenvalue weighted by molar-refractivity contribution is 0.158. The van der Waals surface area contributed by atoms with Crippen molar-refractivity contribution in [3.8, 4) is 0 Å². The fourth-order valence-electron chi connectivity index (χ4n) is 2.41. The highest BCUT2D eigenvalue weighted by molar-refractivity contribution is 5.24. The lowest BCUT2D eigenvalue weighted by atomic mass is 9.83. The van der Waals surface area contributed by atoms with Gasteiger partial charge in [-0.1, -0.05) is 51.5 Å². The maximum absolute atomic E-state index is 10.0. The minimum absolute atomic E-state index is 0.0430. The van der Waals surface area contributed by atoms with Crippen LogP contribution in [0.1, 0.15) is 59.1 Å². The van der Waals surface area contributed by atoms with Crippen molar-refractivity contribution in [2.24, 2.45) is 5.41 Å². The highest BCUT2D eigenvalue weighted by atomic mass is 16.3. The van der Waals surface area contributed by atoms with Crippen molar-refractivity contribution in [3.05, 3.63) is 35.4 Å². The van der Waals surface area contributed by atoms with Crippen LogP contribution in [0.25, 0.3) is 0 Å². The van der Waals surface area contributed by atoms with Gasteiger partial charge in [-0.3, -0.25) is 0 Å². The van der Waals surface area contributed by atoms with Crippen LogP contribution >= 0.6 is 0 Å². The zero-order chi connectivity index (χ0) is 17.5. The monoisotopic (exact) mass is 320 g/mol. The van der Waals surface area contributed by atoms with Gasteiger partial charge in [0.1, 0.15) is 0 Å². The predicted molar refractivity (Wildman–Crippen MR) is 99.7 cm³/mol. The number of aliphatic hydroxyl groups excluding tert-OH is 1. The summed E-state index contributed by atoms with van der Waals surface area (Å²) in [6, 6.07) is 8.78. The first-order chi connectivity index (χ1) is 10.6. The number of aliphatic hydroxyl groups is 1. The van der Waals surface area contributed by atoms with Gasteiger partial charge in [-0.25, -0.2) is 0 Å². The van der Waals surface area contributed by atoms with Gasteiger partial charge in [-0.15, -0.1) is 0 Å². The molecule has 132 valence electrons. The lowest BCUT2D eigenvalue weighted by Crippen LogP contribution is -2.43. The van der Waals surface area contributed by atoms with E-state index >= 15 is 0 Å². The zero-order valence-electron chi connectivity index (χ0n) is 15.9. The molecule has 0 aromatic heterocycles. The molecule has 0 spiro atoms. The lowest BCUT2D eigenvalue weighted by Gasteiger charge is -2.23. The minimum atomic E-state index is -0.364. The van der Waals surface area contributed by atoms with Crippen molar-refractivity contribution in [2.45, 2.75) is 72.6 Å². The summed E-state index contributed by atoms with van der Waals surface area (Å²) in [6.07, 6.45) is 1.93. The summed E-state index contributed by atoms with van der Waals surface area (Å²) >= 11 is 0. The van der Waals surface area contributed by atoms with Gasteiger partial charge in [0.05, 0.1) is 6.10 Å². The molecule has 0 heterocycles. The van der Waals surface area contributed by atoms with E-state index in [2.05, 4.69) is 76.4 Å². The normalized spacial score (nSPS) is 14.0. The highest BCUT2D eigenvalue weighted by Crippen LogP contribution is 2.25. The summed E-state index contributed by atoms with van der Waals surface area (Å²) in [5.41, 5.74) is 3.07. The number of β-amino-alcohol motifs (C(OH)–C–C–N with tert-alkyl or cyclic N) is 1. The van der Waals surface area contributed by atoms with Crippen LogP contribution in [0.5, 0.6) is 0 Å². The molecule has 1 atom stereocenters. The summed E-state index contributed by atoms with van der Waals surface area (Å²) in [5.74, 6) is 0. The van der Waals surface area contributed by atoms with Crippen molar-refractivity contribution in [1.29, 1.82) is 0 Å². The largest absolute Gasteiger partial charge is 0.390 e. The molecule has 0 fully saturated rings. The number of hydrogen-bond acceptors (Lipinski definition) is 3. The number of benzene rings is 1. The molecule has 0 aliphatic heterocycles. The minimum Gasteiger partial charge on any atom is -0.390 e. The van der Waals surface area contributed by atoms with Crippen molar-refractivity contribution in [3.63, 3.8) is 0 Å². The standard InChI is InChI=1S/C20H36N2O/c1-7-20(5,6)12-16-9-8-10-17(11-16)13-21-14-18(23)15-22-19(2,3)4/h8-11,18,21-23H,7,12-15H2,1-6H3. The van der Waals surface area contributed by atoms with Gasteiger partial charge < -0.3 is 15.7 Å². The highest BCUT2D eigenvalue weighted by Gasteiger charge is 2.16. The topological polar surface area (TPSA) is 44.3 Å². The Labute approximate surface area is 142 Å². The Kier molecular flexibility index (Phi) is 7.72. The van der Waals surface area contributed by atoms with Crippen LogP contribution in [-0.4, -0.2) is 29.8 Å². The number of nitrogens with one attached hydrogen (secondary N) is 2. The van der Waals surface area contributed by atoms with Gasteiger partial charge in [-0.05, 0) is 43.7 Å². The van der Waals surface area contributed by atoms with Gasteiger partial charge in [0.15, 0.2) is 0 Å². The number of rotatable bonds is 9. The molecule has 3 N–H and O–H groups in total. The summed E-state index contributed by atoms with van der Waals surface area (Å²) in [7, 11) is 0. The molecule has 1 rings (SSSR count). The smallest absolute Gasteiger partial charge is 0.0789 e. The van der Waals surface area contributed by atoms with E-state index in [4.69, 9.17) is 0 Å². The van der Waals surface area contributed by atoms with Crippen LogP contribution in [0.3, 0.4) is 0 Å². The molecule has 3 nitrogen and oxygen atoms in total. The second kappa shape index (κ2) is 8.81. The first-order valence-electron chi connectivity index (χ1n) is 8.83. The Morgan fingerprint density at radius 2 is 1.70 bits per heavy atom. The van der Waals surface area contributed by atoms with Gasteiger partial charge in [0.2, 0.25) is 0 Å². The van der Waals surface area contributed by atoms with E-state index < -0.39 is 0 Å². The van der Waals surface area contributed by atoms with E-state index in [0.717, 1.165) is 13.0 Å². The molecular weight excluding hydrogens is 284 g/mol. The molecule has 0 amide bonds. The predicted octanol–water partition coefficient (Wildman–Crippen LogP) is 3.50. The third kappa shape index (κ3) is 9.09. The Hall–Kier alpha value is -0.900. The molecule has 3 heteroatoms. The Balaban J connectivity index is 2.40. The maximum Gasteiger partial charge on any atom is 0.0789 e. The Morgan fingerprint density at radius 1 is 1.04 bits per heavy atom. The van der Waals surface area contributed by atoms with Crippen LogP contribution in [0.4, 0.5) is 0 Å². The molecule has 0 aliphatic carbocycles. The molecule has 1 aromatic rings. The Morgan fingerprint density at radius 3 is 2.30 bits per heavy atom. The second-order valence-corrected chi connectivity index (χ2v) is 8.43. The summed E-state index contributed by atoms with van der Waals surface area (Å²) in [4.78, 5) is 0. The van der Waals surface area contributed by atoms with Crippen molar-refractivity contribution >= 4 is 0 Å². The van der Waals surface area contributed by atoms with E-state index in [1.807, 2.05) is 0 Å². The van der Waals surface area contributed by atoms with Crippen molar-refractivity contribution in [1.82, 2.24) is 10.6 Å².